The molecule has 76 valence electrons. The molecule has 1 aliphatic heterocycles. The second-order valence-electron chi connectivity index (χ2n) is 3.40. The number of carboxylic acids is 1. The van der Waals surface area contributed by atoms with Gasteiger partial charge >= 0.3 is 18.9 Å². The maximum atomic E-state index is 10.5. The molecule has 0 aliphatic carbocycles. The zero-order valence-corrected chi connectivity index (χ0v) is 9.55. The van der Waals surface area contributed by atoms with Crippen LogP contribution in [0.3, 0.4) is 0 Å². The third-order valence-electron chi connectivity index (χ3n) is 2.31. The van der Waals surface area contributed by atoms with Gasteiger partial charge in [-0.25, -0.2) is 4.98 Å². The molecule has 4 nitrogen and oxygen atoms in total. The summed E-state index contributed by atoms with van der Waals surface area (Å²) in [6, 6.07) is 0. The van der Waals surface area contributed by atoms with Crippen LogP contribution in [0.15, 0.2) is 6.20 Å². The van der Waals surface area contributed by atoms with Crippen LogP contribution in [0.25, 0.3) is 0 Å². The first-order chi connectivity index (χ1) is 6.75. The number of rotatable bonds is 3. The number of aromatic nitrogens is 1. The minimum atomic E-state index is -1.18. The number of carbonyl (C=O) groups is 1. The average Bonchev–Trinajstić information content (AvgIpc) is 2.75. The quantitative estimate of drug-likeness (QED) is 0.511. The fourth-order valence-corrected chi connectivity index (χ4v) is 2.43. The summed E-state index contributed by atoms with van der Waals surface area (Å²) in [6.45, 7) is 3.04. The maximum absolute atomic E-state index is 10.5. The van der Waals surface area contributed by atoms with Crippen molar-refractivity contribution in [2.45, 2.75) is 19.4 Å². The fraction of sp³-hybridized carbons (Fsp3) is 0.556. The summed E-state index contributed by atoms with van der Waals surface area (Å²) in [6.07, 6.45) is 4.12. The number of hydrogen-bond acceptors (Lipinski definition) is 5. The van der Waals surface area contributed by atoms with Crippen molar-refractivity contribution in [2.75, 3.05) is 13.1 Å². The number of hydrogen-bond donors (Lipinski definition) is 0. The number of thiazole rings is 1. The molecule has 0 saturated carbocycles. The van der Waals surface area contributed by atoms with Crippen LogP contribution in [-0.2, 0) is 6.54 Å². The van der Waals surface area contributed by atoms with Gasteiger partial charge in [0.25, 0.3) is 0 Å². The standard InChI is InChI=1S/C9H12N2O2S.Li/c12-9(13)8-10-5-7(14-8)6-11-3-1-2-4-11;/h5H,1-4,6H2,(H,12,13);/q;+1/p-1. The summed E-state index contributed by atoms with van der Waals surface area (Å²) in [5, 5.41) is 10.6. The Kier molecular flexibility index (Phi) is 4.80. The van der Waals surface area contributed by atoms with E-state index in [1.54, 1.807) is 6.20 Å². The number of carbonyl (C=O) groups excluding carboxylic acids is 1. The van der Waals surface area contributed by atoms with Gasteiger partial charge in [0.15, 0.2) is 0 Å². The van der Waals surface area contributed by atoms with Crippen molar-refractivity contribution in [3.63, 3.8) is 0 Å². The van der Waals surface area contributed by atoms with E-state index in [1.165, 1.54) is 24.2 Å². The van der Waals surface area contributed by atoms with Crippen molar-refractivity contribution in [3.8, 4) is 0 Å². The molecule has 1 fully saturated rings. The summed E-state index contributed by atoms with van der Waals surface area (Å²) >= 11 is 1.21. The van der Waals surface area contributed by atoms with E-state index in [-0.39, 0.29) is 23.9 Å². The molecule has 1 saturated heterocycles. The molecule has 1 aromatic rings. The molecule has 0 spiro atoms. The molecule has 0 amide bonds. The summed E-state index contributed by atoms with van der Waals surface area (Å²) in [4.78, 5) is 17.6. The van der Waals surface area contributed by atoms with E-state index in [0.717, 1.165) is 24.5 Å². The van der Waals surface area contributed by atoms with Crippen molar-refractivity contribution in [2.24, 2.45) is 0 Å². The molecule has 0 unspecified atom stereocenters. The second kappa shape index (κ2) is 5.66. The van der Waals surface area contributed by atoms with Gasteiger partial charge in [-0.05, 0) is 25.9 Å². The van der Waals surface area contributed by atoms with Crippen LogP contribution >= 0.6 is 11.3 Å². The van der Waals surface area contributed by atoms with Crippen LogP contribution < -0.4 is 24.0 Å². The van der Waals surface area contributed by atoms with Gasteiger partial charge in [-0.2, -0.15) is 0 Å². The molecule has 0 N–H and O–H groups in total. The largest absolute Gasteiger partial charge is 1.00 e. The number of nitrogens with zero attached hydrogens (tertiary/aromatic N) is 2. The maximum Gasteiger partial charge on any atom is 1.00 e. The van der Waals surface area contributed by atoms with E-state index in [4.69, 9.17) is 0 Å². The van der Waals surface area contributed by atoms with Crippen molar-refractivity contribution in [1.29, 1.82) is 0 Å². The van der Waals surface area contributed by atoms with Crippen LogP contribution in [0.1, 0.15) is 27.5 Å². The van der Waals surface area contributed by atoms with Crippen molar-refractivity contribution < 1.29 is 28.8 Å². The molecule has 6 heteroatoms. The summed E-state index contributed by atoms with van der Waals surface area (Å²) in [7, 11) is 0. The van der Waals surface area contributed by atoms with Crippen LogP contribution in [0.5, 0.6) is 0 Å². The Bertz CT molecular complexity index is 337. The van der Waals surface area contributed by atoms with Crippen LogP contribution in [0.4, 0.5) is 0 Å². The van der Waals surface area contributed by atoms with Gasteiger partial charge in [-0.3, -0.25) is 4.90 Å². The van der Waals surface area contributed by atoms with Gasteiger partial charge in [-0.15, -0.1) is 11.3 Å². The minimum absolute atomic E-state index is 0. The van der Waals surface area contributed by atoms with Gasteiger partial charge < -0.3 is 9.90 Å². The fourth-order valence-electron chi connectivity index (χ4n) is 1.64. The zero-order valence-electron chi connectivity index (χ0n) is 8.73. The van der Waals surface area contributed by atoms with Crippen LogP contribution in [0, 0.1) is 0 Å². The van der Waals surface area contributed by atoms with Crippen molar-refractivity contribution >= 4 is 17.3 Å². The second-order valence-corrected chi connectivity index (χ2v) is 4.52. The van der Waals surface area contributed by atoms with E-state index in [9.17, 15) is 9.90 Å². The summed E-state index contributed by atoms with van der Waals surface area (Å²) < 4.78 is 0. The first-order valence-corrected chi connectivity index (χ1v) is 5.46. The van der Waals surface area contributed by atoms with Gasteiger partial charge in [0.2, 0.25) is 0 Å². The predicted octanol–water partition coefficient (Wildman–Crippen LogP) is -2.89. The van der Waals surface area contributed by atoms with E-state index < -0.39 is 5.97 Å². The number of likely N-dealkylation sites (tertiary alicyclic amines) is 1. The van der Waals surface area contributed by atoms with Gasteiger partial charge in [-0.1, -0.05) is 0 Å². The zero-order chi connectivity index (χ0) is 9.97. The molecule has 0 bridgehead atoms. The molecule has 2 heterocycles. The SMILES string of the molecule is O=C([O-])c1ncc(CN2CCCC2)s1.[Li+]. The number of carboxylic acid groups (broad SMARTS) is 1. The number of aromatic carboxylic acids is 1. The first kappa shape index (κ1) is 12.7. The Morgan fingerprint density at radius 3 is 2.73 bits per heavy atom. The molecule has 2 rings (SSSR count). The Balaban J connectivity index is 0.00000112. The van der Waals surface area contributed by atoms with Crippen molar-refractivity contribution in [1.82, 2.24) is 9.88 Å². The smallest absolute Gasteiger partial charge is 0.542 e. The monoisotopic (exact) mass is 218 g/mol. The van der Waals surface area contributed by atoms with E-state index in [1.807, 2.05) is 0 Å². The Morgan fingerprint density at radius 1 is 1.53 bits per heavy atom. The molecule has 15 heavy (non-hydrogen) atoms. The summed E-state index contributed by atoms with van der Waals surface area (Å²) in [5.41, 5.74) is 0. The molecule has 0 atom stereocenters. The third-order valence-corrected chi connectivity index (χ3v) is 3.27. The van der Waals surface area contributed by atoms with E-state index in [0.29, 0.717) is 0 Å². The topological polar surface area (TPSA) is 56.3 Å². The van der Waals surface area contributed by atoms with E-state index in [2.05, 4.69) is 9.88 Å². The molecule has 0 radical (unpaired) electrons. The Hall–Kier alpha value is -0.343. The van der Waals surface area contributed by atoms with E-state index >= 15 is 0 Å². The predicted molar refractivity (Wildman–Crippen MR) is 51.0 cm³/mol. The first-order valence-electron chi connectivity index (χ1n) is 4.64. The Labute approximate surface area is 104 Å². The van der Waals surface area contributed by atoms with Crippen LogP contribution in [0.2, 0.25) is 0 Å². The van der Waals surface area contributed by atoms with Gasteiger partial charge in [0.1, 0.15) is 11.0 Å². The molecular weight excluding hydrogens is 207 g/mol. The Morgan fingerprint density at radius 2 is 2.20 bits per heavy atom. The molecular formula is C9H11LiN2O2S. The minimum Gasteiger partial charge on any atom is -0.542 e. The third kappa shape index (κ3) is 3.32. The summed E-state index contributed by atoms with van der Waals surface area (Å²) in [5.74, 6) is -1.18. The van der Waals surface area contributed by atoms with Crippen LogP contribution in [-0.4, -0.2) is 28.9 Å². The average molecular weight is 218 g/mol. The van der Waals surface area contributed by atoms with Gasteiger partial charge in [0.05, 0.1) is 0 Å². The normalized spacial score (nSPS) is 16.3. The molecule has 1 aromatic heterocycles. The van der Waals surface area contributed by atoms with Crippen molar-refractivity contribution in [3.05, 3.63) is 16.1 Å². The molecule has 1 aliphatic rings. The molecule has 0 aromatic carbocycles. The van der Waals surface area contributed by atoms with Gasteiger partial charge in [0, 0.05) is 17.6 Å².